The van der Waals surface area contributed by atoms with Crippen LogP contribution in [0.1, 0.15) is 58.3 Å². The Morgan fingerprint density at radius 2 is 2.20 bits per heavy atom. The summed E-state index contributed by atoms with van der Waals surface area (Å²) in [5.41, 5.74) is 5.60. The van der Waals surface area contributed by atoms with E-state index in [1.54, 1.807) is 0 Å². The molecule has 0 saturated carbocycles. The maximum absolute atomic E-state index is 12.0. The van der Waals surface area contributed by atoms with Gasteiger partial charge in [0.05, 0.1) is 0 Å². The van der Waals surface area contributed by atoms with Crippen LogP contribution in [0.15, 0.2) is 0 Å². The molecule has 20 heavy (non-hydrogen) atoms. The molecule has 116 valence electrons. The zero-order valence-electron chi connectivity index (χ0n) is 12.6. The lowest BCUT2D eigenvalue weighted by molar-refractivity contribution is -0.129. The van der Waals surface area contributed by atoms with Crippen LogP contribution in [0.4, 0.5) is 0 Å². The Kier molecular flexibility index (Phi) is 8.26. The van der Waals surface area contributed by atoms with Gasteiger partial charge in [0.2, 0.25) is 11.8 Å². The van der Waals surface area contributed by atoms with E-state index in [1.807, 2.05) is 0 Å². The van der Waals surface area contributed by atoms with Gasteiger partial charge in [-0.2, -0.15) is 0 Å². The van der Waals surface area contributed by atoms with Crippen molar-refractivity contribution in [2.24, 2.45) is 11.7 Å². The van der Waals surface area contributed by atoms with Crippen LogP contribution in [0, 0.1) is 5.92 Å². The summed E-state index contributed by atoms with van der Waals surface area (Å²) in [7, 11) is 0. The fourth-order valence-electron chi connectivity index (χ4n) is 2.76. The number of carbonyl (C=O) groups is 2. The summed E-state index contributed by atoms with van der Waals surface area (Å²) in [4.78, 5) is 23.7. The highest BCUT2D eigenvalue weighted by Gasteiger charge is 2.22. The molecule has 0 aromatic heterocycles. The molecule has 5 heteroatoms. The van der Waals surface area contributed by atoms with Crippen molar-refractivity contribution in [2.45, 2.75) is 64.3 Å². The van der Waals surface area contributed by atoms with Crippen LogP contribution < -0.4 is 16.4 Å². The maximum atomic E-state index is 12.0. The first-order chi connectivity index (χ1) is 9.67. The smallest absolute Gasteiger partial charge is 0.242 e. The van der Waals surface area contributed by atoms with Gasteiger partial charge >= 0.3 is 0 Å². The number of rotatable bonds is 8. The van der Waals surface area contributed by atoms with E-state index in [1.165, 1.54) is 0 Å². The third kappa shape index (κ3) is 6.37. The van der Waals surface area contributed by atoms with Crippen molar-refractivity contribution < 1.29 is 9.59 Å². The van der Waals surface area contributed by atoms with Gasteiger partial charge in [0.15, 0.2) is 0 Å². The molecule has 4 N–H and O–H groups in total. The SMILES string of the molecule is CCCC(CCN)CCC(=O)NC1CCCCNC1=O. The fourth-order valence-corrected chi connectivity index (χ4v) is 2.76. The third-order valence-electron chi connectivity index (χ3n) is 3.92. The Hall–Kier alpha value is -1.10. The van der Waals surface area contributed by atoms with E-state index in [9.17, 15) is 9.59 Å². The zero-order valence-corrected chi connectivity index (χ0v) is 12.6. The number of carbonyl (C=O) groups excluding carboxylic acids is 2. The lowest BCUT2D eigenvalue weighted by Crippen LogP contribution is -2.45. The van der Waals surface area contributed by atoms with Gasteiger partial charge in [-0.1, -0.05) is 19.8 Å². The maximum Gasteiger partial charge on any atom is 0.242 e. The Morgan fingerprint density at radius 1 is 1.40 bits per heavy atom. The summed E-state index contributed by atoms with van der Waals surface area (Å²) in [5, 5.41) is 5.70. The largest absolute Gasteiger partial charge is 0.354 e. The summed E-state index contributed by atoms with van der Waals surface area (Å²) in [6, 6.07) is -0.343. The molecule has 2 amide bonds. The Balaban J connectivity index is 2.32. The first-order valence-electron chi connectivity index (χ1n) is 7.94. The zero-order chi connectivity index (χ0) is 14.8. The van der Waals surface area contributed by atoms with Crippen LogP contribution in [0.5, 0.6) is 0 Å². The van der Waals surface area contributed by atoms with Crippen molar-refractivity contribution in [1.29, 1.82) is 0 Å². The second kappa shape index (κ2) is 9.75. The highest BCUT2D eigenvalue weighted by molar-refractivity contribution is 5.87. The highest BCUT2D eigenvalue weighted by atomic mass is 16.2. The molecule has 1 aliphatic heterocycles. The van der Waals surface area contributed by atoms with Crippen LogP contribution in [0.25, 0.3) is 0 Å². The molecule has 0 aromatic carbocycles. The second-order valence-electron chi connectivity index (χ2n) is 5.68. The van der Waals surface area contributed by atoms with Crippen molar-refractivity contribution in [3.63, 3.8) is 0 Å². The fraction of sp³-hybridized carbons (Fsp3) is 0.867. The van der Waals surface area contributed by atoms with E-state index in [-0.39, 0.29) is 17.9 Å². The van der Waals surface area contributed by atoms with Crippen LogP contribution in [0.3, 0.4) is 0 Å². The van der Waals surface area contributed by atoms with Gasteiger partial charge in [0, 0.05) is 13.0 Å². The molecular weight excluding hydrogens is 254 g/mol. The van der Waals surface area contributed by atoms with Gasteiger partial charge < -0.3 is 16.4 Å². The minimum atomic E-state index is -0.343. The summed E-state index contributed by atoms with van der Waals surface area (Å²) in [6.45, 7) is 3.55. The van der Waals surface area contributed by atoms with Crippen molar-refractivity contribution >= 4 is 11.8 Å². The number of nitrogens with one attached hydrogen (secondary N) is 2. The molecule has 2 atom stereocenters. The molecule has 2 unspecified atom stereocenters. The molecule has 5 nitrogen and oxygen atoms in total. The summed E-state index contributed by atoms with van der Waals surface area (Å²) in [6.07, 6.45) is 7.30. The van der Waals surface area contributed by atoms with Gasteiger partial charge in [-0.3, -0.25) is 9.59 Å². The molecule has 1 aliphatic rings. The average molecular weight is 283 g/mol. The minimum absolute atomic E-state index is 0.00910. The molecule has 1 saturated heterocycles. The Morgan fingerprint density at radius 3 is 2.90 bits per heavy atom. The van der Waals surface area contributed by atoms with Gasteiger partial charge in [-0.25, -0.2) is 0 Å². The molecule has 1 fully saturated rings. The van der Waals surface area contributed by atoms with Crippen LogP contribution in [-0.2, 0) is 9.59 Å². The molecular formula is C15H29N3O2. The van der Waals surface area contributed by atoms with Gasteiger partial charge in [-0.05, 0) is 44.6 Å². The van der Waals surface area contributed by atoms with E-state index < -0.39 is 0 Å². The molecule has 0 radical (unpaired) electrons. The quantitative estimate of drug-likeness (QED) is 0.628. The molecule has 0 spiro atoms. The standard InChI is InChI=1S/C15H29N3O2/c1-2-5-12(9-10-16)7-8-14(19)18-13-6-3-4-11-17-15(13)20/h12-13H,2-11,16H2,1H3,(H,17,20)(H,18,19). The third-order valence-corrected chi connectivity index (χ3v) is 3.92. The second-order valence-corrected chi connectivity index (χ2v) is 5.68. The van der Waals surface area contributed by atoms with E-state index in [0.29, 0.717) is 18.9 Å². The topological polar surface area (TPSA) is 84.2 Å². The monoisotopic (exact) mass is 283 g/mol. The van der Waals surface area contributed by atoms with E-state index in [2.05, 4.69) is 17.6 Å². The molecule has 0 bridgehead atoms. The first kappa shape index (κ1) is 17.0. The van der Waals surface area contributed by atoms with Crippen molar-refractivity contribution in [3.05, 3.63) is 0 Å². The molecule has 1 rings (SSSR count). The average Bonchev–Trinajstić information content (AvgIpc) is 2.62. The normalized spacial score (nSPS) is 20.9. The van der Waals surface area contributed by atoms with E-state index >= 15 is 0 Å². The summed E-state index contributed by atoms with van der Waals surface area (Å²) >= 11 is 0. The van der Waals surface area contributed by atoms with Crippen molar-refractivity contribution in [2.75, 3.05) is 13.1 Å². The van der Waals surface area contributed by atoms with Crippen LogP contribution >= 0.6 is 0 Å². The number of hydrogen-bond acceptors (Lipinski definition) is 3. The predicted molar refractivity (Wildman–Crippen MR) is 80.1 cm³/mol. The van der Waals surface area contributed by atoms with E-state index in [0.717, 1.165) is 51.5 Å². The van der Waals surface area contributed by atoms with E-state index in [4.69, 9.17) is 5.73 Å². The van der Waals surface area contributed by atoms with Gasteiger partial charge in [0.25, 0.3) is 0 Å². The van der Waals surface area contributed by atoms with Gasteiger partial charge in [0.1, 0.15) is 6.04 Å². The lowest BCUT2D eigenvalue weighted by Gasteiger charge is -2.17. The number of nitrogens with two attached hydrogens (primary N) is 1. The van der Waals surface area contributed by atoms with Crippen molar-refractivity contribution in [3.8, 4) is 0 Å². The van der Waals surface area contributed by atoms with Gasteiger partial charge in [-0.15, -0.1) is 0 Å². The summed E-state index contributed by atoms with van der Waals surface area (Å²) < 4.78 is 0. The van der Waals surface area contributed by atoms with Crippen LogP contribution in [-0.4, -0.2) is 30.9 Å². The number of hydrogen-bond donors (Lipinski definition) is 3. The molecule has 0 aliphatic carbocycles. The summed E-state index contributed by atoms with van der Waals surface area (Å²) in [5.74, 6) is 0.479. The first-order valence-corrected chi connectivity index (χ1v) is 7.94. The Bertz CT molecular complexity index is 301. The highest BCUT2D eigenvalue weighted by Crippen LogP contribution is 2.17. The predicted octanol–water partition coefficient (Wildman–Crippen LogP) is 1.32. The Labute approximate surface area is 122 Å². The minimum Gasteiger partial charge on any atom is -0.354 e. The van der Waals surface area contributed by atoms with Crippen LogP contribution in [0.2, 0.25) is 0 Å². The molecule has 0 aromatic rings. The molecule has 1 heterocycles. The van der Waals surface area contributed by atoms with Crippen molar-refractivity contribution in [1.82, 2.24) is 10.6 Å². The number of amides is 2. The lowest BCUT2D eigenvalue weighted by atomic mass is 9.94.